The van der Waals surface area contributed by atoms with Gasteiger partial charge in [-0.1, -0.05) is 12.5 Å². The highest BCUT2D eigenvalue weighted by Crippen LogP contribution is 2.53. The largest absolute Gasteiger partial charge is 0.454 e. The molecule has 1 heterocycles. The second-order valence-electron chi connectivity index (χ2n) is 6.20. The van der Waals surface area contributed by atoms with Gasteiger partial charge in [0, 0.05) is 11.0 Å². The van der Waals surface area contributed by atoms with E-state index in [-0.39, 0.29) is 23.8 Å². The van der Waals surface area contributed by atoms with Crippen molar-refractivity contribution < 1.29 is 19.4 Å². The van der Waals surface area contributed by atoms with Gasteiger partial charge in [-0.3, -0.25) is 4.79 Å². The second kappa shape index (κ2) is 3.79. The summed E-state index contributed by atoms with van der Waals surface area (Å²) >= 11 is 0. The molecule has 4 nitrogen and oxygen atoms in total. The molecule has 0 radical (unpaired) electrons. The van der Waals surface area contributed by atoms with Gasteiger partial charge in [0.2, 0.25) is 0 Å². The van der Waals surface area contributed by atoms with Crippen LogP contribution in [0.3, 0.4) is 0 Å². The highest BCUT2D eigenvalue weighted by atomic mass is 16.5. The average molecular weight is 262 g/mol. The number of fused-ring (bicyclic) bond motifs is 2. The minimum Gasteiger partial charge on any atom is -0.454 e. The minimum absolute atomic E-state index is 0.107. The Morgan fingerprint density at radius 1 is 1.37 bits per heavy atom. The molecule has 0 aromatic carbocycles. The van der Waals surface area contributed by atoms with Crippen molar-refractivity contribution in [2.75, 3.05) is 0 Å². The van der Waals surface area contributed by atoms with Crippen LogP contribution in [-0.4, -0.2) is 29.1 Å². The van der Waals surface area contributed by atoms with Crippen molar-refractivity contribution in [3.8, 4) is 0 Å². The second-order valence-corrected chi connectivity index (χ2v) is 6.20. The van der Waals surface area contributed by atoms with E-state index in [0.717, 1.165) is 11.1 Å². The van der Waals surface area contributed by atoms with Crippen LogP contribution in [-0.2, 0) is 14.3 Å². The molecular formula is C15H18O4. The molecule has 3 aliphatic rings. The lowest BCUT2D eigenvalue weighted by Gasteiger charge is -2.48. The number of aliphatic hydroxyl groups excluding tert-OH is 1. The quantitative estimate of drug-likeness (QED) is 0.672. The van der Waals surface area contributed by atoms with E-state index in [9.17, 15) is 14.7 Å². The minimum atomic E-state index is -0.998. The van der Waals surface area contributed by atoms with Crippen LogP contribution in [0.4, 0.5) is 0 Å². The molecule has 0 aromatic rings. The number of hydrogen-bond donors (Lipinski definition) is 1. The van der Waals surface area contributed by atoms with Crippen LogP contribution in [0.15, 0.2) is 22.8 Å². The summed E-state index contributed by atoms with van der Waals surface area (Å²) in [5, 5.41) is 10.3. The monoisotopic (exact) mass is 262 g/mol. The van der Waals surface area contributed by atoms with Gasteiger partial charge in [0.1, 0.15) is 12.2 Å². The van der Waals surface area contributed by atoms with E-state index in [1.165, 1.54) is 0 Å². The maximum atomic E-state index is 11.8. The smallest absolute Gasteiger partial charge is 0.334 e. The predicted octanol–water partition coefficient (Wildman–Crippen LogP) is 1.53. The van der Waals surface area contributed by atoms with Gasteiger partial charge in [-0.15, -0.1) is 0 Å². The number of aliphatic hydroxyl groups is 1. The fourth-order valence-electron chi connectivity index (χ4n) is 3.82. The number of carbonyl (C=O) groups is 2. The summed E-state index contributed by atoms with van der Waals surface area (Å²) in [6.07, 6.45) is 1.51. The Balaban J connectivity index is 2.06. The van der Waals surface area contributed by atoms with Crippen molar-refractivity contribution >= 4 is 11.8 Å². The molecular weight excluding hydrogens is 244 g/mol. The number of allylic oxidation sites excluding steroid dienone is 1. The summed E-state index contributed by atoms with van der Waals surface area (Å²) in [7, 11) is 0. The van der Waals surface area contributed by atoms with Crippen LogP contribution < -0.4 is 0 Å². The van der Waals surface area contributed by atoms with Crippen LogP contribution in [0.1, 0.15) is 33.6 Å². The Kier molecular flexibility index (Phi) is 2.52. The first-order valence-corrected chi connectivity index (χ1v) is 6.65. The molecule has 19 heavy (non-hydrogen) atoms. The lowest BCUT2D eigenvalue weighted by atomic mass is 9.57. The Morgan fingerprint density at radius 3 is 2.74 bits per heavy atom. The van der Waals surface area contributed by atoms with Gasteiger partial charge in [-0.2, -0.15) is 0 Å². The highest BCUT2D eigenvalue weighted by molar-refractivity contribution is 5.96. The predicted molar refractivity (Wildman–Crippen MR) is 68.2 cm³/mol. The molecule has 4 heteroatoms. The van der Waals surface area contributed by atoms with E-state index in [4.69, 9.17) is 4.74 Å². The molecule has 0 amide bonds. The molecule has 0 bridgehead atoms. The number of rotatable bonds is 0. The van der Waals surface area contributed by atoms with Crippen molar-refractivity contribution in [3.63, 3.8) is 0 Å². The fraction of sp³-hybridized carbons (Fsp3) is 0.600. The van der Waals surface area contributed by atoms with E-state index < -0.39 is 11.5 Å². The van der Waals surface area contributed by atoms with Crippen LogP contribution in [0.5, 0.6) is 0 Å². The van der Waals surface area contributed by atoms with Crippen LogP contribution in [0.25, 0.3) is 0 Å². The first-order valence-electron chi connectivity index (χ1n) is 6.65. The van der Waals surface area contributed by atoms with Gasteiger partial charge in [0.05, 0.1) is 0 Å². The van der Waals surface area contributed by atoms with Crippen molar-refractivity contribution in [1.82, 2.24) is 0 Å². The summed E-state index contributed by atoms with van der Waals surface area (Å²) < 4.78 is 5.36. The van der Waals surface area contributed by atoms with Crippen LogP contribution in [0.2, 0.25) is 0 Å². The van der Waals surface area contributed by atoms with Crippen molar-refractivity contribution in [3.05, 3.63) is 22.8 Å². The van der Waals surface area contributed by atoms with E-state index in [1.54, 1.807) is 13.0 Å². The topological polar surface area (TPSA) is 63.6 Å². The van der Waals surface area contributed by atoms with E-state index >= 15 is 0 Å². The van der Waals surface area contributed by atoms with Crippen molar-refractivity contribution in [2.24, 2.45) is 11.3 Å². The molecule has 0 unspecified atom stereocenters. The molecule has 1 aliphatic heterocycles. The summed E-state index contributed by atoms with van der Waals surface area (Å²) in [4.78, 5) is 23.5. The summed E-state index contributed by atoms with van der Waals surface area (Å²) in [6.45, 7) is 5.65. The zero-order valence-electron chi connectivity index (χ0n) is 11.4. The zero-order valence-corrected chi connectivity index (χ0v) is 11.4. The van der Waals surface area contributed by atoms with E-state index in [1.807, 2.05) is 13.8 Å². The number of ether oxygens (including phenoxy) is 1. The van der Waals surface area contributed by atoms with E-state index in [2.05, 4.69) is 0 Å². The average Bonchev–Trinajstić information content (AvgIpc) is 2.60. The number of ketones is 1. The maximum absolute atomic E-state index is 11.8. The third-order valence-corrected chi connectivity index (χ3v) is 5.08. The van der Waals surface area contributed by atoms with Crippen molar-refractivity contribution in [1.29, 1.82) is 0 Å². The Bertz CT molecular complexity index is 542. The van der Waals surface area contributed by atoms with E-state index in [0.29, 0.717) is 18.4 Å². The molecule has 0 aromatic heterocycles. The third-order valence-electron chi connectivity index (χ3n) is 5.08. The number of carbonyl (C=O) groups excluding carboxylic acids is 2. The third kappa shape index (κ3) is 1.56. The lowest BCUT2D eigenvalue weighted by Crippen LogP contribution is -2.51. The SMILES string of the molecule is CC1=CC(=O)[C@H](O)[C@@]2(C)C[C@H]3OC(=O)C(C)=C3C[C@H]12. The summed E-state index contributed by atoms with van der Waals surface area (Å²) in [5.74, 6) is -0.384. The molecule has 1 saturated carbocycles. The first-order chi connectivity index (χ1) is 8.84. The standard InChI is InChI=1S/C15H18O4/c1-7-4-11(16)13(17)15(3)6-12-9(5-10(7)15)8(2)14(18)19-12/h4,10,12-13,17H,5-6H2,1-3H3/t10-,12-,13+,15+/m1/s1. The molecule has 4 atom stereocenters. The Hall–Kier alpha value is -1.42. The maximum Gasteiger partial charge on any atom is 0.334 e. The molecule has 2 aliphatic carbocycles. The summed E-state index contributed by atoms with van der Waals surface area (Å²) in [6, 6.07) is 0. The lowest BCUT2D eigenvalue weighted by molar-refractivity contribution is -0.146. The van der Waals surface area contributed by atoms with Gasteiger partial charge in [0.15, 0.2) is 5.78 Å². The molecule has 3 rings (SSSR count). The van der Waals surface area contributed by atoms with Crippen LogP contribution >= 0.6 is 0 Å². The van der Waals surface area contributed by atoms with Gasteiger partial charge in [-0.05, 0) is 44.3 Å². The van der Waals surface area contributed by atoms with Gasteiger partial charge in [-0.25, -0.2) is 4.79 Å². The molecule has 102 valence electrons. The Morgan fingerprint density at radius 2 is 2.05 bits per heavy atom. The van der Waals surface area contributed by atoms with Gasteiger partial charge >= 0.3 is 5.97 Å². The first kappa shape index (κ1) is 12.6. The normalized spacial score (nSPS) is 41.7. The summed E-state index contributed by atoms with van der Waals surface area (Å²) in [5.41, 5.74) is 2.21. The van der Waals surface area contributed by atoms with Gasteiger partial charge in [0.25, 0.3) is 0 Å². The number of esters is 1. The molecule has 1 N–H and O–H groups in total. The Labute approximate surface area is 112 Å². The fourth-order valence-corrected chi connectivity index (χ4v) is 3.82. The molecule has 1 fully saturated rings. The van der Waals surface area contributed by atoms with Gasteiger partial charge < -0.3 is 9.84 Å². The zero-order chi connectivity index (χ0) is 13.9. The number of hydrogen-bond acceptors (Lipinski definition) is 4. The highest BCUT2D eigenvalue weighted by Gasteiger charge is 2.54. The van der Waals surface area contributed by atoms with Crippen LogP contribution in [0, 0.1) is 11.3 Å². The van der Waals surface area contributed by atoms with Crippen molar-refractivity contribution in [2.45, 2.75) is 45.8 Å². The molecule has 0 spiro atoms. The molecule has 0 saturated heterocycles.